The van der Waals surface area contributed by atoms with Crippen molar-refractivity contribution in [2.45, 2.75) is 12.8 Å². The van der Waals surface area contributed by atoms with E-state index in [1.54, 1.807) is 0 Å². The van der Waals surface area contributed by atoms with Crippen LogP contribution in [0.2, 0.25) is 0 Å². The summed E-state index contributed by atoms with van der Waals surface area (Å²) in [6, 6.07) is 2.92. The van der Waals surface area contributed by atoms with Crippen molar-refractivity contribution < 1.29 is 14.1 Å². The van der Waals surface area contributed by atoms with E-state index in [9.17, 15) is 19.3 Å². The molecular formula is C14H16FN3O3. The molecule has 1 aromatic rings. The number of amides is 1. The first-order valence-electron chi connectivity index (χ1n) is 6.68. The van der Waals surface area contributed by atoms with E-state index < -0.39 is 22.3 Å². The van der Waals surface area contributed by atoms with Gasteiger partial charge in [-0.15, -0.1) is 0 Å². The molecule has 1 aliphatic heterocycles. The normalized spacial score (nSPS) is 14.4. The number of carbonyl (C=O) groups is 1. The Balaban J connectivity index is 1.97. The molecule has 0 aliphatic carbocycles. The van der Waals surface area contributed by atoms with Crippen LogP contribution in [0.15, 0.2) is 29.8 Å². The van der Waals surface area contributed by atoms with Crippen LogP contribution >= 0.6 is 0 Å². The molecule has 21 heavy (non-hydrogen) atoms. The number of halogens is 1. The van der Waals surface area contributed by atoms with Crippen LogP contribution in [-0.2, 0) is 0 Å². The zero-order valence-electron chi connectivity index (χ0n) is 11.4. The number of hydrogen-bond donors (Lipinski definition) is 2. The van der Waals surface area contributed by atoms with E-state index in [4.69, 9.17) is 0 Å². The van der Waals surface area contributed by atoms with Crippen LogP contribution in [0.1, 0.15) is 23.2 Å². The molecule has 2 rings (SSSR count). The number of carbonyl (C=O) groups excluding carboxylic acids is 1. The van der Waals surface area contributed by atoms with Gasteiger partial charge < -0.3 is 10.6 Å². The van der Waals surface area contributed by atoms with E-state index in [2.05, 4.69) is 16.7 Å². The highest BCUT2D eigenvalue weighted by Gasteiger charge is 2.20. The second-order valence-corrected chi connectivity index (χ2v) is 4.74. The first-order chi connectivity index (χ1) is 10.1. The van der Waals surface area contributed by atoms with Gasteiger partial charge in [0.1, 0.15) is 11.4 Å². The molecule has 0 radical (unpaired) electrons. The molecule has 0 fully saturated rings. The maximum atomic E-state index is 13.0. The molecule has 0 spiro atoms. The maximum absolute atomic E-state index is 13.0. The van der Waals surface area contributed by atoms with Crippen LogP contribution in [0.4, 0.5) is 10.1 Å². The maximum Gasteiger partial charge on any atom is 0.285 e. The van der Waals surface area contributed by atoms with Gasteiger partial charge in [-0.05, 0) is 31.5 Å². The summed E-state index contributed by atoms with van der Waals surface area (Å²) in [5.41, 5.74) is 0.608. The third kappa shape index (κ3) is 4.09. The molecule has 1 amide bonds. The average Bonchev–Trinajstić information content (AvgIpc) is 2.48. The Morgan fingerprint density at radius 3 is 2.95 bits per heavy atom. The zero-order valence-corrected chi connectivity index (χ0v) is 11.4. The number of hydrogen-bond acceptors (Lipinski definition) is 4. The highest BCUT2D eigenvalue weighted by Crippen LogP contribution is 2.19. The molecule has 0 bridgehead atoms. The molecule has 0 saturated heterocycles. The fourth-order valence-corrected chi connectivity index (χ4v) is 2.18. The minimum Gasteiger partial charge on any atom is -0.351 e. The Hall–Kier alpha value is -2.28. The average molecular weight is 293 g/mol. The number of nitrogens with zero attached hydrogens (tertiary/aromatic N) is 1. The molecule has 1 aliphatic rings. The lowest BCUT2D eigenvalue weighted by atomic mass is 10.1. The summed E-state index contributed by atoms with van der Waals surface area (Å²) in [6.45, 7) is 2.15. The Morgan fingerprint density at radius 2 is 2.29 bits per heavy atom. The van der Waals surface area contributed by atoms with Crippen molar-refractivity contribution in [2.75, 3.05) is 19.6 Å². The molecule has 0 unspecified atom stereocenters. The number of nitro benzene ring substituents is 1. The van der Waals surface area contributed by atoms with Crippen LogP contribution in [0.5, 0.6) is 0 Å². The topological polar surface area (TPSA) is 84.3 Å². The van der Waals surface area contributed by atoms with Crippen LogP contribution in [0.25, 0.3) is 0 Å². The predicted molar refractivity (Wildman–Crippen MR) is 75.6 cm³/mol. The summed E-state index contributed by atoms with van der Waals surface area (Å²) in [7, 11) is 0. The minimum absolute atomic E-state index is 0.124. The summed E-state index contributed by atoms with van der Waals surface area (Å²) < 4.78 is 13.0. The van der Waals surface area contributed by atoms with Crippen molar-refractivity contribution in [1.82, 2.24) is 10.6 Å². The van der Waals surface area contributed by atoms with E-state index in [0.717, 1.165) is 37.7 Å². The molecule has 0 aromatic heterocycles. The van der Waals surface area contributed by atoms with Gasteiger partial charge in [-0.1, -0.05) is 11.6 Å². The smallest absolute Gasteiger partial charge is 0.285 e. The zero-order chi connectivity index (χ0) is 15.2. The molecule has 1 heterocycles. The van der Waals surface area contributed by atoms with Crippen LogP contribution in [0.3, 0.4) is 0 Å². The van der Waals surface area contributed by atoms with Crippen LogP contribution in [-0.4, -0.2) is 30.5 Å². The highest BCUT2D eigenvalue weighted by atomic mass is 19.1. The molecule has 7 heteroatoms. The SMILES string of the molecule is O=C(NCCC1=CCNCC1)c1ccc(F)cc1[N+](=O)[O-]. The lowest BCUT2D eigenvalue weighted by Gasteiger charge is -2.14. The second kappa shape index (κ2) is 6.94. The second-order valence-electron chi connectivity index (χ2n) is 4.74. The van der Waals surface area contributed by atoms with Gasteiger partial charge in [0.05, 0.1) is 11.0 Å². The van der Waals surface area contributed by atoms with Gasteiger partial charge in [-0.25, -0.2) is 4.39 Å². The number of rotatable bonds is 5. The summed E-state index contributed by atoms with van der Waals surface area (Å²) in [4.78, 5) is 22.0. The van der Waals surface area contributed by atoms with Crippen LogP contribution in [0, 0.1) is 15.9 Å². The van der Waals surface area contributed by atoms with Crippen molar-refractivity contribution in [1.29, 1.82) is 0 Å². The summed E-state index contributed by atoms with van der Waals surface area (Å²) >= 11 is 0. The minimum atomic E-state index is -0.757. The monoisotopic (exact) mass is 293 g/mol. The Bertz CT molecular complexity index is 587. The third-order valence-electron chi connectivity index (χ3n) is 3.29. The van der Waals surface area contributed by atoms with Gasteiger partial charge >= 0.3 is 0 Å². The van der Waals surface area contributed by atoms with Gasteiger partial charge in [-0.2, -0.15) is 0 Å². The first kappa shape index (κ1) is 15.1. The number of nitro groups is 1. The molecule has 0 atom stereocenters. The Labute approximate surface area is 121 Å². The first-order valence-corrected chi connectivity index (χ1v) is 6.68. The van der Waals surface area contributed by atoms with E-state index >= 15 is 0 Å². The van der Waals surface area contributed by atoms with E-state index in [1.807, 2.05) is 0 Å². The fraction of sp³-hybridized carbons (Fsp3) is 0.357. The molecule has 6 nitrogen and oxygen atoms in total. The van der Waals surface area contributed by atoms with Crippen molar-refractivity contribution in [2.24, 2.45) is 0 Å². The van der Waals surface area contributed by atoms with Crippen molar-refractivity contribution in [3.05, 3.63) is 51.3 Å². The van der Waals surface area contributed by atoms with Gasteiger partial charge in [0.25, 0.3) is 11.6 Å². The Morgan fingerprint density at radius 1 is 1.48 bits per heavy atom. The molecule has 0 saturated carbocycles. The summed E-state index contributed by atoms with van der Waals surface area (Å²) in [5.74, 6) is -1.30. The van der Waals surface area contributed by atoms with E-state index in [0.29, 0.717) is 13.0 Å². The van der Waals surface area contributed by atoms with Gasteiger partial charge in [0.2, 0.25) is 0 Å². The molecule has 112 valence electrons. The van der Waals surface area contributed by atoms with Crippen LogP contribution < -0.4 is 10.6 Å². The Kier molecular flexibility index (Phi) is 4.99. The van der Waals surface area contributed by atoms with E-state index in [1.165, 1.54) is 5.57 Å². The molecule has 2 N–H and O–H groups in total. The summed E-state index contributed by atoms with van der Waals surface area (Å²) in [5, 5.41) is 16.7. The van der Waals surface area contributed by atoms with Gasteiger partial charge in [-0.3, -0.25) is 14.9 Å². The fourth-order valence-electron chi connectivity index (χ4n) is 2.18. The largest absolute Gasteiger partial charge is 0.351 e. The van der Waals surface area contributed by atoms with Crippen molar-refractivity contribution in [3.8, 4) is 0 Å². The number of benzene rings is 1. The number of nitrogens with one attached hydrogen (secondary N) is 2. The van der Waals surface area contributed by atoms with Crippen molar-refractivity contribution >= 4 is 11.6 Å². The molecule has 1 aromatic carbocycles. The standard InChI is InChI=1S/C14H16FN3O3/c15-11-1-2-12(13(9-11)18(20)21)14(19)17-8-5-10-3-6-16-7-4-10/h1-3,9,16H,4-8H2,(H,17,19). The molecular weight excluding hydrogens is 277 g/mol. The lowest BCUT2D eigenvalue weighted by molar-refractivity contribution is -0.385. The predicted octanol–water partition coefficient (Wildman–Crippen LogP) is 1.77. The lowest BCUT2D eigenvalue weighted by Crippen LogP contribution is -2.27. The van der Waals surface area contributed by atoms with Gasteiger partial charge in [0.15, 0.2) is 0 Å². The van der Waals surface area contributed by atoms with E-state index in [-0.39, 0.29) is 5.56 Å². The summed E-state index contributed by atoms with van der Waals surface area (Å²) in [6.07, 6.45) is 3.73. The van der Waals surface area contributed by atoms with Gasteiger partial charge in [0, 0.05) is 13.1 Å². The highest BCUT2D eigenvalue weighted by molar-refractivity contribution is 5.98. The van der Waals surface area contributed by atoms with Crippen molar-refractivity contribution in [3.63, 3.8) is 0 Å². The quantitative estimate of drug-likeness (QED) is 0.492. The third-order valence-corrected chi connectivity index (χ3v) is 3.29.